The highest BCUT2D eigenvalue weighted by molar-refractivity contribution is 6.32. The number of ether oxygens (including phenoxy) is 1. The highest BCUT2D eigenvalue weighted by Gasteiger charge is 2.14. The molecule has 102 valence electrons. The summed E-state index contributed by atoms with van der Waals surface area (Å²) in [5.41, 5.74) is 0.526. The molecule has 1 aromatic rings. The number of nitrogens with one attached hydrogen (secondary N) is 1. The lowest BCUT2D eigenvalue weighted by Gasteiger charge is -2.20. The third kappa shape index (κ3) is 4.03. The van der Waals surface area contributed by atoms with Gasteiger partial charge in [-0.1, -0.05) is 29.8 Å². The molecule has 0 radical (unpaired) electrons. The first kappa shape index (κ1) is 15.1. The van der Waals surface area contributed by atoms with Gasteiger partial charge in [0.1, 0.15) is 0 Å². The van der Waals surface area contributed by atoms with E-state index >= 15 is 0 Å². The number of hydrogen-bond donors (Lipinski definition) is 1. The molecule has 0 aromatic heterocycles. The smallest absolute Gasteiger partial charge is 0.322 e. The quantitative estimate of drug-likeness (QED) is 0.810. The van der Waals surface area contributed by atoms with Crippen LogP contribution in [0.3, 0.4) is 0 Å². The molecule has 0 saturated carbocycles. The number of methoxy groups -OCH3 is 1. The number of carbonyl (C=O) groups is 1. The van der Waals surface area contributed by atoms with Crippen LogP contribution in [0.2, 0.25) is 5.02 Å². The fourth-order valence-corrected chi connectivity index (χ4v) is 1.81. The summed E-state index contributed by atoms with van der Waals surface area (Å²) in [4.78, 5) is 13.6. The van der Waals surface area contributed by atoms with Crippen molar-refractivity contribution in [3.05, 3.63) is 48.5 Å². The van der Waals surface area contributed by atoms with Crippen LogP contribution < -0.4 is 10.1 Å². The maximum absolute atomic E-state index is 12.1. The predicted molar refractivity (Wildman–Crippen MR) is 79.0 cm³/mol. The number of hydrogen-bond acceptors (Lipinski definition) is 2. The molecule has 1 rings (SSSR count). The van der Waals surface area contributed by atoms with Gasteiger partial charge in [-0.15, -0.1) is 13.2 Å². The summed E-state index contributed by atoms with van der Waals surface area (Å²) >= 11 is 5.99. The summed E-state index contributed by atoms with van der Waals surface area (Å²) in [6.07, 6.45) is 3.30. The lowest BCUT2D eigenvalue weighted by Crippen LogP contribution is -2.35. The van der Waals surface area contributed by atoms with Crippen molar-refractivity contribution >= 4 is 23.3 Å². The summed E-state index contributed by atoms with van der Waals surface area (Å²) in [6.45, 7) is 8.10. The molecule has 0 fully saturated rings. The van der Waals surface area contributed by atoms with Crippen molar-refractivity contribution in [3.8, 4) is 5.75 Å². The highest BCUT2D eigenvalue weighted by Crippen LogP contribution is 2.32. The zero-order valence-corrected chi connectivity index (χ0v) is 11.6. The minimum absolute atomic E-state index is 0.264. The van der Waals surface area contributed by atoms with Gasteiger partial charge in [-0.3, -0.25) is 0 Å². The van der Waals surface area contributed by atoms with Crippen LogP contribution >= 0.6 is 11.6 Å². The summed E-state index contributed by atoms with van der Waals surface area (Å²) < 4.78 is 5.17. The van der Waals surface area contributed by atoms with Gasteiger partial charge in [0, 0.05) is 13.1 Å². The van der Waals surface area contributed by atoms with E-state index in [0.717, 1.165) is 0 Å². The maximum atomic E-state index is 12.1. The van der Waals surface area contributed by atoms with E-state index < -0.39 is 0 Å². The second-order valence-electron chi connectivity index (χ2n) is 3.73. The van der Waals surface area contributed by atoms with Crippen molar-refractivity contribution in [2.75, 3.05) is 25.5 Å². The van der Waals surface area contributed by atoms with Gasteiger partial charge in [0.05, 0.1) is 17.8 Å². The van der Waals surface area contributed by atoms with Crippen molar-refractivity contribution in [1.82, 2.24) is 4.90 Å². The molecular formula is C14H17ClN2O2. The zero-order valence-electron chi connectivity index (χ0n) is 10.9. The minimum Gasteiger partial charge on any atom is -0.493 e. The van der Waals surface area contributed by atoms with Crippen LogP contribution in [0.25, 0.3) is 0 Å². The molecule has 2 amide bonds. The van der Waals surface area contributed by atoms with Gasteiger partial charge in [0.15, 0.2) is 5.75 Å². The molecule has 0 atom stereocenters. The molecule has 0 heterocycles. The van der Waals surface area contributed by atoms with Crippen LogP contribution in [0.15, 0.2) is 43.5 Å². The minimum atomic E-state index is -0.264. The molecule has 5 heteroatoms. The zero-order chi connectivity index (χ0) is 14.3. The Kier molecular flexibility index (Phi) is 5.96. The van der Waals surface area contributed by atoms with E-state index in [1.54, 1.807) is 35.3 Å². The Hall–Kier alpha value is -1.94. The fourth-order valence-electron chi connectivity index (χ4n) is 1.56. The van der Waals surface area contributed by atoms with Gasteiger partial charge < -0.3 is 15.0 Å². The Morgan fingerprint density at radius 2 is 2.05 bits per heavy atom. The van der Waals surface area contributed by atoms with Crippen LogP contribution in [0.5, 0.6) is 5.75 Å². The molecule has 0 aliphatic rings. The van der Waals surface area contributed by atoms with Gasteiger partial charge in [0.2, 0.25) is 0 Å². The largest absolute Gasteiger partial charge is 0.493 e. The number of amides is 2. The van der Waals surface area contributed by atoms with Crippen LogP contribution in [0, 0.1) is 0 Å². The topological polar surface area (TPSA) is 41.6 Å². The number of rotatable bonds is 6. The molecule has 1 N–H and O–H groups in total. The fraction of sp³-hybridized carbons (Fsp3) is 0.214. The van der Waals surface area contributed by atoms with Gasteiger partial charge >= 0.3 is 6.03 Å². The first-order valence-electron chi connectivity index (χ1n) is 5.74. The van der Waals surface area contributed by atoms with Gasteiger partial charge in [-0.05, 0) is 12.1 Å². The molecule has 0 bridgehead atoms. The average Bonchev–Trinajstić information content (AvgIpc) is 2.38. The summed E-state index contributed by atoms with van der Waals surface area (Å²) in [6, 6.07) is 4.90. The lowest BCUT2D eigenvalue weighted by molar-refractivity contribution is 0.222. The molecule has 4 nitrogen and oxygen atoms in total. The van der Waals surface area contributed by atoms with E-state index in [9.17, 15) is 4.79 Å². The molecule has 19 heavy (non-hydrogen) atoms. The molecule has 0 saturated heterocycles. The Morgan fingerprint density at radius 1 is 1.42 bits per heavy atom. The first-order valence-corrected chi connectivity index (χ1v) is 6.12. The number of nitrogens with zero attached hydrogens (tertiary/aromatic N) is 1. The third-order valence-corrected chi connectivity index (χ3v) is 2.70. The number of carbonyl (C=O) groups excluding carboxylic acids is 1. The van der Waals surface area contributed by atoms with Crippen molar-refractivity contribution in [2.24, 2.45) is 0 Å². The second kappa shape index (κ2) is 7.48. The average molecular weight is 281 g/mol. The first-order chi connectivity index (χ1) is 9.13. The van der Waals surface area contributed by atoms with E-state index in [1.165, 1.54) is 7.11 Å². The van der Waals surface area contributed by atoms with Gasteiger partial charge in [-0.2, -0.15) is 0 Å². The Bertz CT molecular complexity index is 465. The Morgan fingerprint density at radius 3 is 2.58 bits per heavy atom. The van der Waals surface area contributed by atoms with Crippen molar-refractivity contribution in [2.45, 2.75) is 0 Å². The van der Waals surface area contributed by atoms with E-state index in [4.69, 9.17) is 16.3 Å². The van der Waals surface area contributed by atoms with Gasteiger partial charge in [-0.25, -0.2) is 4.79 Å². The van der Waals surface area contributed by atoms with Crippen molar-refractivity contribution in [1.29, 1.82) is 0 Å². The van der Waals surface area contributed by atoms with Crippen LogP contribution in [0.4, 0.5) is 10.5 Å². The van der Waals surface area contributed by atoms with E-state index in [1.807, 2.05) is 0 Å². The summed E-state index contributed by atoms with van der Waals surface area (Å²) in [5.74, 6) is 0.440. The number of halogens is 1. The second-order valence-corrected chi connectivity index (χ2v) is 4.14. The highest BCUT2D eigenvalue weighted by atomic mass is 35.5. The van der Waals surface area contributed by atoms with Crippen molar-refractivity contribution < 1.29 is 9.53 Å². The Balaban J connectivity index is 2.88. The van der Waals surface area contributed by atoms with E-state index in [2.05, 4.69) is 18.5 Å². The van der Waals surface area contributed by atoms with Crippen LogP contribution in [0.1, 0.15) is 0 Å². The van der Waals surface area contributed by atoms with Crippen LogP contribution in [-0.2, 0) is 0 Å². The molecular weight excluding hydrogens is 264 g/mol. The number of para-hydroxylation sites is 1. The normalized spacial score (nSPS) is 9.58. The monoisotopic (exact) mass is 280 g/mol. The molecule has 0 spiro atoms. The molecule has 1 aromatic carbocycles. The Labute approximate surface area is 118 Å². The number of benzene rings is 1. The lowest BCUT2D eigenvalue weighted by atomic mass is 10.3. The SMILES string of the molecule is C=CCN(CC=C)C(=O)Nc1cccc(Cl)c1OC. The number of urea groups is 1. The molecule has 0 aliphatic heterocycles. The van der Waals surface area contributed by atoms with Gasteiger partial charge in [0.25, 0.3) is 0 Å². The van der Waals surface area contributed by atoms with Crippen molar-refractivity contribution in [3.63, 3.8) is 0 Å². The predicted octanol–water partition coefficient (Wildman–Crippen LogP) is 3.55. The molecule has 0 aliphatic carbocycles. The molecule has 0 unspecified atom stereocenters. The summed E-state index contributed by atoms with van der Waals surface area (Å²) in [5, 5.41) is 3.20. The van der Waals surface area contributed by atoms with E-state index in [-0.39, 0.29) is 6.03 Å². The maximum Gasteiger partial charge on any atom is 0.322 e. The third-order valence-electron chi connectivity index (χ3n) is 2.40. The number of anilines is 1. The standard InChI is InChI=1S/C14H17ClN2O2/c1-4-9-17(10-5-2)14(18)16-12-8-6-7-11(15)13(12)19-3/h4-8H,1-2,9-10H2,3H3,(H,16,18). The summed E-state index contributed by atoms with van der Waals surface area (Å²) in [7, 11) is 1.50. The van der Waals surface area contributed by atoms with Crippen LogP contribution in [-0.4, -0.2) is 31.1 Å². The van der Waals surface area contributed by atoms with E-state index in [0.29, 0.717) is 29.5 Å².